The van der Waals surface area contributed by atoms with Gasteiger partial charge in [0.15, 0.2) is 17.5 Å². The van der Waals surface area contributed by atoms with Crippen molar-refractivity contribution in [3.63, 3.8) is 0 Å². The molecule has 0 bridgehead atoms. The average molecular weight is 801 g/mol. The lowest BCUT2D eigenvalue weighted by Gasteiger charge is -2.19. The first-order chi connectivity index (χ1) is 30.8. The highest BCUT2D eigenvalue weighted by Gasteiger charge is 2.28. The number of aromatic nitrogens is 5. The Morgan fingerprint density at radius 1 is 0.365 bits per heavy atom. The number of fused-ring (bicyclic) bond motifs is 9. The third kappa shape index (κ3) is 5.43. The maximum atomic E-state index is 7.24. The van der Waals surface area contributed by atoms with Gasteiger partial charge in [0.2, 0.25) is 0 Å². The van der Waals surface area contributed by atoms with Gasteiger partial charge in [0.05, 0.1) is 33.1 Å². The topological polar surface area (TPSA) is 61.7 Å². The van der Waals surface area contributed by atoms with Crippen LogP contribution in [0.4, 0.5) is 0 Å². The fraction of sp³-hybridized carbons (Fsp3) is 0. The van der Waals surface area contributed by atoms with Gasteiger partial charge in [-0.2, -0.15) is 0 Å². The SMILES string of the molecule is Bc1c(B)c(-n2c3ccccc3c3cc4c5ccccc5n(-c5ccccc5)c4cc32)c2c(oc3c(B)c(-c4nc(-c5ccccc5)nc(-c5ccccc5)n4)c(B)c(B)c32)c1B. The largest absolute Gasteiger partial charge is 0.457 e. The van der Waals surface area contributed by atoms with Crippen LogP contribution in [0.5, 0.6) is 0 Å². The lowest BCUT2D eigenvalue weighted by atomic mass is 9.68. The van der Waals surface area contributed by atoms with Crippen LogP contribution in [0.1, 0.15) is 0 Å². The molecule has 0 amide bonds. The minimum Gasteiger partial charge on any atom is -0.457 e. The summed E-state index contributed by atoms with van der Waals surface area (Å²) in [5, 5.41) is 7.16. The van der Waals surface area contributed by atoms with Gasteiger partial charge in [-0.25, -0.2) is 15.0 Å². The Kier molecular flexibility index (Phi) is 8.32. The first-order valence-corrected chi connectivity index (χ1v) is 21.6. The van der Waals surface area contributed by atoms with Crippen molar-refractivity contribution in [2.75, 3.05) is 0 Å². The van der Waals surface area contributed by atoms with Gasteiger partial charge in [-0.1, -0.05) is 143 Å². The van der Waals surface area contributed by atoms with Gasteiger partial charge in [-0.3, -0.25) is 0 Å². The summed E-state index contributed by atoms with van der Waals surface area (Å²) in [6.07, 6.45) is 0. The van der Waals surface area contributed by atoms with Crippen LogP contribution in [-0.4, -0.2) is 71.2 Å². The van der Waals surface area contributed by atoms with Crippen molar-refractivity contribution < 1.29 is 4.42 Å². The van der Waals surface area contributed by atoms with Crippen LogP contribution in [0, 0.1) is 0 Å². The minimum atomic E-state index is 0.632. The zero-order chi connectivity index (χ0) is 42.7. The number of hydrogen-bond donors (Lipinski definition) is 0. The molecule has 0 aliphatic heterocycles. The smallest absolute Gasteiger partial charge is 0.164 e. The molecule has 4 aromatic heterocycles. The highest BCUT2D eigenvalue weighted by molar-refractivity contribution is 6.64. The minimum absolute atomic E-state index is 0.632. The van der Waals surface area contributed by atoms with Gasteiger partial charge in [0.1, 0.15) is 58.2 Å². The van der Waals surface area contributed by atoms with Gasteiger partial charge in [-0.05, 0) is 41.9 Å². The lowest BCUT2D eigenvalue weighted by Crippen LogP contribution is -2.41. The molecule has 12 aromatic rings. The van der Waals surface area contributed by atoms with E-state index in [1.54, 1.807) is 0 Å². The summed E-state index contributed by atoms with van der Waals surface area (Å²) in [4.78, 5) is 15.4. The first-order valence-electron chi connectivity index (χ1n) is 21.6. The molecule has 8 aromatic carbocycles. The fourth-order valence-electron chi connectivity index (χ4n) is 10.2. The molecule has 4 heterocycles. The Labute approximate surface area is 369 Å². The third-order valence-electron chi connectivity index (χ3n) is 13.6. The van der Waals surface area contributed by atoms with E-state index in [9.17, 15) is 0 Å². The fourth-order valence-corrected chi connectivity index (χ4v) is 10.2. The predicted octanol–water partition coefficient (Wildman–Crippen LogP) is 2.52. The monoisotopic (exact) mass is 801 g/mol. The third-order valence-corrected chi connectivity index (χ3v) is 13.6. The second-order valence-electron chi connectivity index (χ2n) is 16.9. The Hall–Kier alpha value is -7.44. The summed E-state index contributed by atoms with van der Waals surface area (Å²) in [7, 11) is 13.3. The second kappa shape index (κ2) is 14.0. The molecule has 0 aliphatic rings. The van der Waals surface area contributed by atoms with Crippen LogP contribution in [0.25, 0.3) is 111 Å². The molecule has 290 valence electrons. The van der Waals surface area contributed by atoms with Crippen LogP contribution in [0.3, 0.4) is 0 Å². The molecule has 0 N–H and O–H groups in total. The van der Waals surface area contributed by atoms with E-state index in [1.807, 2.05) is 36.4 Å². The van der Waals surface area contributed by atoms with Crippen molar-refractivity contribution in [3.05, 3.63) is 152 Å². The number of furan rings is 1. The maximum absolute atomic E-state index is 7.24. The van der Waals surface area contributed by atoms with E-state index in [1.165, 1.54) is 43.5 Å². The Morgan fingerprint density at radius 3 is 1.46 bits per heavy atom. The van der Waals surface area contributed by atoms with E-state index in [2.05, 4.69) is 171 Å². The molecule has 6 nitrogen and oxygen atoms in total. The molecule has 12 heteroatoms. The molecule has 0 aliphatic carbocycles. The Balaban J connectivity index is 1.18. The van der Waals surface area contributed by atoms with Crippen molar-refractivity contribution in [1.29, 1.82) is 0 Å². The average Bonchev–Trinajstić information content (AvgIpc) is 3.99. The molecule has 0 saturated carbocycles. The summed E-state index contributed by atoms with van der Waals surface area (Å²) in [6.45, 7) is 0. The number of benzene rings is 8. The Bertz CT molecular complexity index is 3810. The normalized spacial score (nSPS) is 11.9. The van der Waals surface area contributed by atoms with E-state index in [0.29, 0.717) is 17.5 Å². The van der Waals surface area contributed by atoms with E-state index in [4.69, 9.17) is 19.4 Å². The van der Waals surface area contributed by atoms with E-state index < -0.39 is 0 Å². The number of nitrogens with zero attached hydrogens (tertiary/aromatic N) is 5. The molecule has 0 spiro atoms. The van der Waals surface area contributed by atoms with Gasteiger partial charge < -0.3 is 13.6 Å². The summed E-state index contributed by atoms with van der Waals surface area (Å²) >= 11 is 0. The first kappa shape index (κ1) is 37.3. The molecular formula is C51H37B6N5O. The van der Waals surface area contributed by atoms with E-state index >= 15 is 0 Å². The van der Waals surface area contributed by atoms with Gasteiger partial charge in [-0.15, -0.1) is 0 Å². The summed E-state index contributed by atoms with van der Waals surface area (Å²) in [5.74, 6) is 1.90. The zero-order valence-electron chi connectivity index (χ0n) is 36.1. The zero-order valence-corrected chi connectivity index (χ0v) is 36.1. The number of para-hydroxylation sites is 3. The molecule has 0 radical (unpaired) electrons. The lowest BCUT2D eigenvalue weighted by molar-refractivity contribution is 0.674. The van der Waals surface area contributed by atoms with Crippen LogP contribution >= 0.6 is 0 Å². The second-order valence-corrected chi connectivity index (χ2v) is 16.9. The van der Waals surface area contributed by atoms with E-state index in [0.717, 1.165) is 82.9 Å². The molecule has 63 heavy (non-hydrogen) atoms. The van der Waals surface area contributed by atoms with Crippen LogP contribution < -0.4 is 32.8 Å². The molecule has 0 unspecified atom stereocenters. The van der Waals surface area contributed by atoms with Crippen LogP contribution in [0.15, 0.2) is 156 Å². The molecule has 12 rings (SSSR count). The molecule has 0 fully saturated rings. The van der Waals surface area contributed by atoms with Crippen molar-refractivity contribution in [1.82, 2.24) is 24.1 Å². The van der Waals surface area contributed by atoms with Crippen molar-refractivity contribution in [2.45, 2.75) is 0 Å². The maximum Gasteiger partial charge on any atom is 0.164 e. The Morgan fingerprint density at radius 2 is 0.857 bits per heavy atom. The summed E-state index contributed by atoms with van der Waals surface area (Å²) in [6, 6.07) is 53.5. The number of rotatable bonds is 5. The quantitative estimate of drug-likeness (QED) is 0.252. The van der Waals surface area contributed by atoms with Gasteiger partial charge in [0, 0.05) is 49.3 Å². The van der Waals surface area contributed by atoms with Crippen LogP contribution in [-0.2, 0) is 0 Å². The number of hydrogen-bond acceptors (Lipinski definition) is 4. The standard InChI is InChI=1S/C51H37B6N5O/c52-40-37-38-46(62-34-23-13-11-21-30(34)32-24-31-29-20-10-12-22-33(29)61(35(31)25-36(32)62)28-18-8-3-9-19-28)44(56)43(55)45(57)48(38)63-47(37)42(54)39(41(40)53)51-59-49(26-14-4-1-5-15-26)58-50(60-51)27-16-6-2-7-17-27/h1-25H,52-57H2. The van der Waals surface area contributed by atoms with Crippen molar-refractivity contribution >= 4 is 145 Å². The summed E-state index contributed by atoms with van der Waals surface area (Å²) in [5.41, 5.74) is 18.4. The molecular weight excluding hydrogens is 763 g/mol. The molecule has 0 atom stereocenters. The highest BCUT2D eigenvalue weighted by Crippen LogP contribution is 2.41. The molecule has 0 saturated heterocycles. The van der Waals surface area contributed by atoms with Gasteiger partial charge in [0.25, 0.3) is 0 Å². The van der Waals surface area contributed by atoms with Gasteiger partial charge >= 0.3 is 0 Å². The van der Waals surface area contributed by atoms with E-state index in [-0.39, 0.29) is 0 Å². The van der Waals surface area contributed by atoms with Crippen molar-refractivity contribution in [3.8, 4) is 45.5 Å². The summed E-state index contributed by atoms with van der Waals surface area (Å²) < 4.78 is 12.2. The highest BCUT2D eigenvalue weighted by atomic mass is 16.3. The van der Waals surface area contributed by atoms with Crippen LogP contribution in [0.2, 0.25) is 0 Å². The van der Waals surface area contributed by atoms with Crippen molar-refractivity contribution in [2.24, 2.45) is 0 Å². The predicted molar refractivity (Wildman–Crippen MR) is 281 cm³/mol.